The summed E-state index contributed by atoms with van der Waals surface area (Å²) in [5, 5.41) is 0.999. The van der Waals surface area contributed by atoms with Gasteiger partial charge in [-0.2, -0.15) is 0 Å². The number of aromatic nitrogens is 1. The number of carbonyl (C=O) groups is 1. The minimum absolute atomic E-state index is 0.0223. The summed E-state index contributed by atoms with van der Waals surface area (Å²) < 4.78 is 15.6. The molecule has 1 aliphatic heterocycles. The molecule has 1 fully saturated rings. The molecule has 180 valence electrons. The van der Waals surface area contributed by atoms with E-state index in [1.165, 1.54) is 12.1 Å². The lowest BCUT2D eigenvalue weighted by Crippen LogP contribution is -2.45. The Morgan fingerprint density at radius 1 is 1.09 bits per heavy atom. The summed E-state index contributed by atoms with van der Waals surface area (Å²) in [5.41, 5.74) is 3.38. The fraction of sp³-hybridized carbons (Fsp3) is 0.429. The standard InChI is InChI=1S/C28H34FN3O2/c1-4-31(5-2)27(33)22-9-7-13-30(18-22)19-24-16-23-14-20(3)11-12-26(23)32(28(24)34)17-21-8-6-10-25(29)15-21/h6,8,10-12,14-16,22H,4-5,7,9,13,17-19H2,1-3H3/t22-/m0/s1. The smallest absolute Gasteiger partial charge is 0.255 e. The van der Waals surface area contributed by atoms with Crippen LogP contribution in [0, 0.1) is 18.7 Å². The van der Waals surface area contributed by atoms with Gasteiger partial charge in [-0.25, -0.2) is 4.39 Å². The van der Waals surface area contributed by atoms with Crippen molar-refractivity contribution in [2.45, 2.75) is 46.7 Å². The highest BCUT2D eigenvalue weighted by molar-refractivity contribution is 5.81. The van der Waals surface area contributed by atoms with E-state index >= 15 is 0 Å². The van der Waals surface area contributed by atoms with Gasteiger partial charge in [0.05, 0.1) is 18.0 Å². The second-order valence-electron chi connectivity index (χ2n) is 9.34. The van der Waals surface area contributed by atoms with Gasteiger partial charge in [-0.15, -0.1) is 0 Å². The summed E-state index contributed by atoms with van der Waals surface area (Å²) in [4.78, 5) is 30.7. The summed E-state index contributed by atoms with van der Waals surface area (Å²) in [6.07, 6.45) is 1.84. The van der Waals surface area contributed by atoms with Gasteiger partial charge < -0.3 is 9.47 Å². The molecule has 2 aromatic carbocycles. The molecule has 0 bridgehead atoms. The minimum Gasteiger partial charge on any atom is -0.343 e. The minimum atomic E-state index is -0.306. The van der Waals surface area contributed by atoms with Crippen LogP contribution < -0.4 is 5.56 Å². The number of piperidine rings is 1. The van der Waals surface area contributed by atoms with Crippen molar-refractivity contribution in [2.75, 3.05) is 26.2 Å². The molecule has 0 radical (unpaired) electrons. The van der Waals surface area contributed by atoms with Gasteiger partial charge in [0.2, 0.25) is 5.91 Å². The average Bonchev–Trinajstić information content (AvgIpc) is 2.82. The first-order chi connectivity index (χ1) is 16.4. The molecule has 0 saturated carbocycles. The Hall–Kier alpha value is -2.99. The topological polar surface area (TPSA) is 45.6 Å². The van der Waals surface area contributed by atoms with Crippen LogP contribution >= 0.6 is 0 Å². The van der Waals surface area contributed by atoms with Crippen molar-refractivity contribution in [3.63, 3.8) is 0 Å². The molecule has 1 aromatic heterocycles. The number of fused-ring (bicyclic) bond motifs is 1. The van der Waals surface area contributed by atoms with Crippen molar-refractivity contribution in [3.05, 3.63) is 81.4 Å². The van der Waals surface area contributed by atoms with Gasteiger partial charge in [-0.3, -0.25) is 14.5 Å². The van der Waals surface area contributed by atoms with E-state index in [4.69, 9.17) is 0 Å². The first kappa shape index (κ1) is 24.1. The van der Waals surface area contributed by atoms with Crippen LogP contribution in [0.5, 0.6) is 0 Å². The predicted octanol–water partition coefficient (Wildman–Crippen LogP) is 4.58. The summed E-state index contributed by atoms with van der Waals surface area (Å²) in [6.45, 7) is 9.87. The van der Waals surface area contributed by atoms with E-state index in [1.54, 1.807) is 10.6 Å². The number of rotatable bonds is 7. The molecule has 4 rings (SSSR count). The van der Waals surface area contributed by atoms with Crippen LogP contribution in [-0.4, -0.2) is 46.5 Å². The molecule has 34 heavy (non-hydrogen) atoms. The predicted molar refractivity (Wildman–Crippen MR) is 134 cm³/mol. The molecule has 0 N–H and O–H groups in total. The van der Waals surface area contributed by atoms with Gasteiger partial charge >= 0.3 is 0 Å². The number of hydrogen-bond donors (Lipinski definition) is 0. The Balaban J connectivity index is 1.65. The highest BCUT2D eigenvalue weighted by Gasteiger charge is 2.28. The van der Waals surface area contributed by atoms with Gasteiger partial charge in [0, 0.05) is 31.7 Å². The number of amides is 1. The molecule has 3 aromatic rings. The van der Waals surface area contributed by atoms with Crippen LogP contribution in [0.3, 0.4) is 0 Å². The largest absolute Gasteiger partial charge is 0.343 e. The van der Waals surface area contributed by atoms with Crippen molar-refractivity contribution in [1.29, 1.82) is 0 Å². The van der Waals surface area contributed by atoms with E-state index in [0.717, 1.165) is 54.5 Å². The summed E-state index contributed by atoms with van der Waals surface area (Å²) >= 11 is 0. The molecular weight excluding hydrogens is 429 g/mol. The fourth-order valence-corrected chi connectivity index (χ4v) is 5.09. The maximum Gasteiger partial charge on any atom is 0.255 e. The first-order valence-corrected chi connectivity index (χ1v) is 12.3. The second kappa shape index (κ2) is 10.5. The van der Waals surface area contributed by atoms with E-state index < -0.39 is 0 Å². The monoisotopic (exact) mass is 463 g/mol. The van der Waals surface area contributed by atoms with E-state index in [-0.39, 0.29) is 23.2 Å². The molecular formula is C28H34FN3O2. The van der Waals surface area contributed by atoms with Crippen LogP contribution in [-0.2, 0) is 17.9 Å². The maximum atomic E-state index is 13.8. The van der Waals surface area contributed by atoms with E-state index in [0.29, 0.717) is 25.2 Å². The Labute approximate surface area is 200 Å². The third-order valence-corrected chi connectivity index (χ3v) is 6.88. The van der Waals surface area contributed by atoms with Crippen molar-refractivity contribution in [1.82, 2.24) is 14.4 Å². The molecule has 6 heteroatoms. The first-order valence-electron chi connectivity index (χ1n) is 12.3. The lowest BCUT2D eigenvalue weighted by atomic mass is 9.96. The highest BCUT2D eigenvalue weighted by atomic mass is 19.1. The van der Waals surface area contributed by atoms with Crippen LogP contribution in [0.4, 0.5) is 4.39 Å². The Morgan fingerprint density at radius 2 is 1.88 bits per heavy atom. The Morgan fingerprint density at radius 3 is 2.62 bits per heavy atom. The highest BCUT2D eigenvalue weighted by Crippen LogP contribution is 2.22. The number of hydrogen-bond acceptors (Lipinski definition) is 3. The number of nitrogens with zero attached hydrogens (tertiary/aromatic N) is 3. The molecule has 1 atom stereocenters. The summed E-state index contributed by atoms with van der Waals surface area (Å²) in [6, 6.07) is 14.4. The maximum absolute atomic E-state index is 13.8. The third kappa shape index (κ3) is 5.22. The SMILES string of the molecule is CCN(CC)C(=O)[C@H]1CCCN(Cc2cc3cc(C)ccc3n(Cc3cccc(F)c3)c2=O)C1. The van der Waals surface area contributed by atoms with Gasteiger partial charge in [-0.1, -0.05) is 23.8 Å². The van der Waals surface area contributed by atoms with Crippen molar-refractivity contribution >= 4 is 16.8 Å². The van der Waals surface area contributed by atoms with Gasteiger partial charge in [0.25, 0.3) is 5.56 Å². The van der Waals surface area contributed by atoms with E-state index in [9.17, 15) is 14.0 Å². The van der Waals surface area contributed by atoms with E-state index in [2.05, 4.69) is 11.0 Å². The molecule has 0 unspecified atom stereocenters. The molecule has 1 aliphatic rings. The molecule has 2 heterocycles. The van der Waals surface area contributed by atoms with Gasteiger partial charge in [0.15, 0.2) is 0 Å². The molecule has 0 spiro atoms. The zero-order valence-corrected chi connectivity index (χ0v) is 20.4. The normalized spacial score (nSPS) is 16.6. The molecule has 1 saturated heterocycles. The number of benzene rings is 2. The fourth-order valence-electron chi connectivity index (χ4n) is 5.09. The lowest BCUT2D eigenvalue weighted by Gasteiger charge is -2.34. The van der Waals surface area contributed by atoms with Gasteiger partial charge in [0.1, 0.15) is 5.82 Å². The number of aryl methyl sites for hydroxylation is 1. The van der Waals surface area contributed by atoms with Crippen molar-refractivity contribution in [2.24, 2.45) is 5.92 Å². The lowest BCUT2D eigenvalue weighted by molar-refractivity contribution is -0.137. The second-order valence-corrected chi connectivity index (χ2v) is 9.34. The van der Waals surface area contributed by atoms with Crippen LogP contribution in [0.25, 0.3) is 10.9 Å². The quantitative estimate of drug-likeness (QED) is 0.515. The number of likely N-dealkylation sites (tertiary alicyclic amines) is 1. The summed E-state index contributed by atoms with van der Waals surface area (Å²) in [5.74, 6) is -0.114. The van der Waals surface area contributed by atoms with E-state index in [1.807, 2.05) is 49.9 Å². The summed E-state index contributed by atoms with van der Waals surface area (Å²) in [7, 11) is 0. The number of carbonyl (C=O) groups excluding carboxylic acids is 1. The van der Waals surface area contributed by atoms with Crippen molar-refractivity contribution in [3.8, 4) is 0 Å². The zero-order valence-electron chi connectivity index (χ0n) is 20.4. The van der Waals surface area contributed by atoms with Crippen LogP contribution in [0.1, 0.15) is 43.4 Å². The zero-order chi connectivity index (χ0) is 24.2. The van der Waals surface area contributed by atoms with Crippen LogP contribution in [0.15, 0.2) is 53.3 Å². The number of halogens is 1. The number of pyridine rings is 1. The van der Waals surface area contributed by atoms with Crippen LogP contribution in [0.2, 0.25) is 0 Å². The Bertz CT molecular complexity index is 1230. The molecule has 5 nitrogen and oxygen atoms in total. The molecule has 0 aliphatic carbocycles. The Kier molecular flexibility index (Phi) is 7.47. The third-order valence-electron chi connectivity index (χ3n) is 6.88. The van der Waals surface area contributed by atoms with Crippen molar-refractivity contribution < 1.29 is 9.18 Å². The molecule has 1 amide bonds. The van der Waals surface area contributed by atoms with Gasteiger partial charge in [-0.05, 0) is 81.4 Å². The average molecular weight is 464 g/mol.